The van der Waals surface area contributed by atoms with Crippen molar-refractivity contribution in [1.82, 2.24) is 20.3 Å². The lowest BCUT2D eigenvalue weighted by Crippen LogP contribution is -2.58. The quantitative estimate of drug-likeness (QED) is 0.712. The zero-order valence-electron chi connectivity index (χ0n) is 14.5. The Balaban J connectivity index is 1.70. The fraction of sp³-hybridized carbons (Fsp3) is 0.562. The van der Waals surface area contributed by atoms with E-state index in [1.165, 1.54) is 13.8 Å². The van der Waals surface area contributed by atoms with E-state index in [4.69, 9.17) is 5.73 Å². The summed E-state index contributed by atoms with van der Waals surface area (Å²) >= 11 is 3.28. The minimum Gasteiger partial charge on any atom is -0.384 e. The van der Waals surface area contributed by atoms with Crippen molar-refractivity contribution in [2.45, 2.75) is 30.5 Å². The van der Waals surface area contributed by atoms with Gasteiger partial charge in [-0.3, -0.25) is 10.3 Å². The third-order valence-corrected chi connectivity index (χ3v) is 6.94. The fourth-order valence-corrected chi connectivity index (χ4v) is 5.65. The molecule has 0 bridgehead atoms. The Morgan fingerprint density at radius 3 is 2.96 bits per heavy atom. The highest BCUT2D eigenvalue weighted by Gasteiger charge is 2.52. The Morgan fingerprint density at radius 2 is 2.27 bits per heavy atom. The lowest BCUT2D eigenvalue weighted by atomic mass is 9.87. The van der Waals surface area contributed by atoms with Crippen molar-refractivity contribution in [3.63, 3.8) is 0 Å². The summed E-state index contributed by atoms with van der Waals surface area (Å²) in [7, 11) is 0. The van der Waals surface area contributed by atoms with Crippen molar-refractivity contribution >= 4 is 29.0 Å². The summed E-state index contributed by atoms with van der Waals surface area (Å²) in [5.41, 5.74) is 6.14. The average Bonchev–Trinajstić information content (AvgIpc) is 3.22. The van der Waals surface area contributed by atoms with Crippen LogP contribution in [-0.4, -0.2) is 44.4 Å². The van der Waals surface area contributed by atoms with Gasteiger partial charge in [0.05, 0.1) is 17.2 Å². The van der Waals surface area contributed by atoms with Crippen molar-refractivity contribution in [2.75, 3.05) is 23.7 Å². The molecule has 26 heavy (non-hydrogen) atoms. The number of nitrogens with zero attached hydrogens (tertiary/aromatic N) is 4. The highest BCUT2D eigenvalue weighted by molar-refractivity contribution is 7.99. The zero-order valence-corrected chi connectivity index (χ0v) is 16.1. The molecule has 140 valence electrons. The van der Waals surface area contributed by atoms with Gasteiger partial charge in [-0.15, -0.1) is 23.1 Å². The smallest absolute Gasteiger partial charge is 0.225 e. The molecule has 0 aliphatic carbocycles. The lowest BCUT2D eigenvalue weighted by Gasteiger charge is -2.41. The second kappa shape index (κ2) is 6.38. The topological polar surface area (TPSA) is 100 Å². The molecule has 2 aromatic heterocycles. The van der Waals surface area contributed by atoms with Crippen molar-refractivity contribution in [3.05, 3.63) is 34.3 Å². The van der Waals surface area contributed by atoms with E-state index in [2.05, 4.69) is 20.3 Å². The van der Waals surface area contributed by atoms with E-state index in [9.17, 15) is 9.50 Å². The first-order valence-electron chi connectivity index (χ1n) is 8.34. The van der Waals surface area contributed by atoms with Crippen molar-refractivity contribution in [1.29, 1.82) is 0 Å². The number of halogens is 1. The number of aromatic nitrogens is 3. The molecule has 10 heteroatoms. The van der Waals surface area contributed by atoms with Crippen LogP contribution in [0.15, 0.2) is 17.9 Å². The summed E-state index contributed by atoms with van der Waals surface area (Å²) in [6.07, 6.45) is 3.01. The van der Waals surface area contributed by atoms with Gasteiger partial charge in [-0.25, -0.2) is 14.4 Å². The van der Waals surface area contributed by atoms with E-state index in [-0.39, 0.29) is 16.7 Å². The molecule has 0 amide bonds. The maximum atomic E-state index is 14.1. The molecule has 4 heterocycles. The molecule has 0 radical (unpaired) electrons. The van der Waals surface area contributed by atoms with Crippen LogP contribution in [0.4, 0.5) is 10.3 Å². The van der Waals surface area contributed by atoms with Gasteiger partial charge in [-0.1, -0.05) is 0 Å². The van der Waals surface area contributed by atoms with Gasteiger partial charge >= 0.3 is 0 Å². The van der Waals surface area contributed by atoms with Crippen LogP contribution < -0.4 is 16.0 Å². The number of fused-ring (bicyclic) bond motifs is 1. The van der Waals surface area contributed by atoms with Crippen molar-refractivity contribution in [3.8, 4) is 0 Å². The average molecular weight is 397 g/mol. The van der Waals surface area contributed by atoms with Crippen LogP contribution in [0.2, 0.25) is 0 Å². The van der Waals surface area contributed by atoms with E-state index in [0.717, 1.165) is 23.4 Å². The number of hydrogen-bond donors (Lipinski definition) is 3. The number of nitrogens with one attached hydrogen (secondary N) is 1. The second-order valence-electron chi connectivity index (χ2n) is 7.24. The number of hydrogen-bond acceptors (Lipinski definition) is 9. The predicted molar refractivity (Wildman–Crippen MR) is 100 cm³/mol. The van der Waals surface area contributed by atoms with Crippen LogP contribution in [0.3, 0.4) is 0 Å². The lowest BCUT2D eigenvalue weighted by molar-refractivity contribution is 0.0693. The summed E-state index contributed by atoms with van der Waals surface area (Å²) in [6, 6.07) is 0. The molecule has 7 nitrogen and oxygen atoms in total. The standard InChI is InChI=1S/C16H21FN6OS2/c1-15(2,24)12-10(17)3-20-14(21-12)23-5-9-6-25-13(18)22-16(9,7-23)11-4-19-8-26-11/h3-4,8-9,13,22,24H,5-7,18H2,1-2H3/t9-,13?,16-/m0/s1. The molecule has 4 rings (SSSR count). The van der Waals surface area contributed by atoms with Crippen LogP contribution in [-0.2, 0) is 11.1 Å². The van der Waals surface area contributed by atoms with Gasteiger partial charge in [0, 0.05) is 35.8 Å². The van der Waals surface area contributed by atoms with Gasteiger partial charge in [0.15, 0.2) is 5.82 Å². The molecule has 2 saturated heterocycles. The number of aliphatic hydroxyl groups is 1. The minimum absolute atomic E-state index is 0.00301. The summed E-state index contributed by atoms with van der Waals surface area (Å²) in [5, 5.41) is 13.7. The minimum atomic E-state index is -1.37. The Hall–Kier alpha value is -1.33. The van der Waals surface area contributed by atoms with Crippen LogP contribution in [0.1, 0.15) is 24.4 Å². The second-order valence-corrected chi connectivity index (χ2v) is 9.30. The number of thiazole rings is 1. The van der Waals surface area contributed by atoms with E-state index in [1.807, 2.05) is 16.6 Å². The zero-order chi connectivity index (χ0) is 18.5. The van der Waals surface area contributed by atoms with Gasteiger partial charge in [-0.2, -0.15) is 0 Å². The Labute approximate surface area is 159 Å². The number of thioether (sulfide) groups is 1. The van der Waals surface area contributed by atoms with Gasteiger partial charge in [0.25, 0.3) is 0 Å². The first-order chi connectivity index (χ1) is 12.3. The molecule has 2 aromatic rings. The first-order valence-corrected chi connectivity index (χ1v) is 10.3. The molecule has 0 aromatic carbocycles. The third-order valence-electron chi connectivity index (χ3n) is 4.92. The van der Waals surface area contributed by atoms with Gasteiger partial charge in [0.2, 0.25) is 5.95 Å². The molecule has 3 atom stereocenters. The van der Waals surface area contributed by atoms with Crippen molar-refractivity contribution in [2.24, 2.45) is 11.7 Å². The monoisotopic (exact) mass is 396 g/mol. The summed E-state index contributed by atoms with van der Waals surface area (Å²) in [6.45, 7) is 4.37. The van der Waals surface area contributed by atoms with E-state index < -0.39 is 11.4 Å². The fourth-order valence-electron chi connectivity index (χ4n) is 3.67. The van der Waals surface area contributed by atoms with E-state index >= 15 is 0 Å². The molecule has 2 fully saturated rings. The molecular formula is C16H21FN6OS2. The molecule has 2 aliphatic heterocycles. The van der Waals surface area contributed by atoms with Crippen LogP contribution in [0.25, 0.3) is 0 Å². The Kier molecular flexibility index (Phi) is 4.43. The maximum Gasteiger partial charge on any atom is 0.225 e. The highest BCUT2D eigenvalue weighted by Crippen LogP contribution is 2.44. The maximum absolute atomic E-state index is 14.1. The molecule has 2 aliphatic rings. The van der Waals surface area contributed by atoms with Crippen LogP contribution in [0.5, 0.6) is 0 Å². The van der Waals surface area contributed by atoms with Crippen molar-refractivity contribution < 1.29 is 9.50 Å². The summed E-state index contributed by atoms with van der Waals surface area (Å²) in [5.74, 6) is 1.02. The Morgan fingerprint density at radius 1 is 1.46 bits per heavy atom. The number of rotatable bonds is 3. The Bertz CT molecular complexity index is 799. The summed E-state index contributed by atoms with van der Waals surface area (Å²) in [4.78, 5) is 15.9. The third kappa shape index (κ3) is 2.99. The first kappa shape index (κ1) is 18.1. The number of nitrogens with two attached hydrogens (primary N) is 1. The SMILES string of the molecule is CC(C)(O)c1nc(N2C[C@H]3CSC(N)N[C@@]3(c3cncs3)C2)ncc1F. The van der Waals surface area contributed by atoms with E-state index in [0.29, 0.717) is 18.4 Å². The number of anilines is 1. The molecule has 0 saturated carbocycles. The molecular weight excluding hydrogens is 375 g/mol. The highest BCUT2D eigenvalue weighted by atomic mass is 32.2. The molecule has 0 spiro atoms. The van der Waals surface area contributed by atoms with Crippen LogP contribution in [0, 0.1) is 11.7 Å². The van der Waals surface area contributed by atoms with Crippen LogP contribution >= 0.6 is 23.1 Å². The van der Waals surface area contributed by atoms with Gasteiger partial charge in [0.1, 0.15) is 16.8 Å². The predicted octanol–water partition coefficient (Wildman–Crippen LogP) is 1.21. The summed E-state index contributed by atoms with van der Waals surface area (Å²) < 4.78 is 14.1. The van der Waals surface area contributed by atoms with E-state index in [1.54, 1.807) is 23.1 Å². The van der Waals surface area contributed by atoms with Gasteiger partial charge in [-0.05, 0) is 13.8 Å². The molecule has 1 unspecified atom stereocenters. The van der Waals surface area contributed by atoms with Gasteiger partial charge < -0.3 is 15.7 Å². The largest absolute Gasteiger partial charge is 0.384 e. The molecule has 4 N–H and O–H groups in total. The normalized spacial score (nSPS) is 29.0.